The van der Waals surface area contributed by atoms with Gasteiger partial charge in [0.05, 0.1) is 11.4 Å². The van der Waals surface area contributed by atoms with Crippen LogP contribution in [0.25, 0.3) is 11.1 Å². The van der Waals surface area contributed by atoms with Crippen molar-refractivity contribution in [1.29, 1.82) is 0 Å². The summed E-state index contributed by atoms with van der Waals surface area (Å²) in [7, 11) is -3.46. The lowest BCUT2D eigenvalue weighted by Crippen LogP contribution is -2.48. The fourth-order valence-corrected chi connectivity index (χ4v) is 5.31. The predicted molar refractivity (Wildman–Crippen MR) is 118 cm³/mol. The average Bonchev–Trinajstić information content (AvgIpc) is 3.09. The number of benzene rings is 2. The summed E-state index contributed by atoms with van der Waals surface area (Å²) >= 11 is 0. The van der Waals surface area contributed by atoms with Gasteiger partial charge in [-0.25, -0.2) is 13.4 Å². The van der Waals surface area contributed by atoms with E-state index in [-0.39, 0.29) is 0 Å². The Balaban J connectivity index is 1.38. The van der Waals surface area contributed by atoms with Crippen LogP contribution in [0.3, 0.4) is 0 Å². The number of aryl methyl sites for hydroxylation is 1. The molecule has 1 saturated heterocycles. The van der Waals surface area contributed by atoms with E-state index in [1.807, 2.05) is 37.3 Å². The van der Waals surface area contributed by atoms with Crippen molar-refractivity contribution in [2.24, 2.45) is 5.92 Å². The number of rotatable bonds is 6. The summed E-state index contributed by atoms with van der Waals surface area (Å²) < 4.78 is 33.4. The van der Waals surface area contributed by atoms with Gasteiger partial charge < -0.3 is 4.42 Å². The standard InChI is InChI=1S/C23H29N3O3S/c1-17(2)14-19-5-7-20(8-6-19)30(27,28)26-12-10-25(11-13-26)16-23-24-21-15-18(3)4-9-22(21)29-23/h4-9,15,17H,10-14,16H2,1-3H3. The molecule has 1 fully saturated rings. The summed E-state index contributed by atoms with van der Waals surface area (Å²) in [5, 5.41) is 0. The van der Waals surface area contributed by atoms with Gasteiger partial charge in [0.25, 0.3) is 0 Å². The van der Waals surface area contributed by atoms with Crippen molar-refractivity contribution in [3.8, 4) is 0 Å². The lowest BCUT2D eigenvalue weighted by Gasteiger charge is -2.33. The van der Waals surface area contributed by atoms with E-state index in [4.69, 9.17) is 4.42 Å². The molecular weight excluding hydrogens is 398 g/mol. The fourth-order valence-electron chi connectivity index (χ4n) is 3.89. The lowest BCUT2D eigenvalue weighted by atomic mass is 10.0. The van der Waals surface area contributed by atoms with E-state index < -0.39 is 10.0 Å². The molecule has 0 amide bonds. The van der Waals surface area contributed by atoms with Crippen molar-refractivity contribution in [1.82, 2.24) is 14.2 Å². The van der Waals surface area contributed by atoms with Crippen molar-refractivity contribution in [3.63, 3.8) is 0 Å². The molecule has 0 aliphatic carbocycles. The third kappa shape index (κ3) is 4.58. The molecule has 2 aromatic carbocycles. The molecule has 2 heterocycles. The molecule has 1 aliphatic rings. The molecule has 0 unspecified atom stereocenters. The first kappa shape index (κ1) is 21.0. The van der Waals surface area contributed by atoms with Crippen LogP contribution >= 0.6 is 0 Å². The number of aromatic nitrogens is 1. The van der Waals surface area contributed by atoms with Gasteiger partial charge in [-0.05, 0) is 54.7 Å². The van der Waals surface area contributed by atoms with E-state index >= 15 is 0 Å². The minimum absolute atomic E-state index is 0.373. The minimum atomic E-state index is -3.46. The SMILES string of the molecule is Cc1ccc2oc(CN3CCN(S(=O)(=O)c4ccc(CC(C)C)cc4)CC3)nc2c1. The van der Waals surface area contributed by atoms with Crippen LogP contribution in [0.15, 0.2) is 51.8 Å². The molecule has 160 valence electrons. The van der Waals surface area contributed by atoms with Gasteiger partial charge in [-0.3, -0.25) is 4.90 Å². The largest absolute Gasteiger partial charge is 0.439 e. The molecule has 0 radical (unpaired) electrons. The van der Waals surface area contributed by atoms with Crippen LogP contribution in [-0.2, 0) is 23.0 Å². The van der Waals surface area contributed by atoms with Gasteiger partial charge in [0.2, 0.25) is 15.9 Å². The van der Waals surface area contributed by atoms with Gasteiger partial charge in [-0.2, -0.15) is 4.31 Å². The van der Waals surface area contributed by atoms with Crippen LogP contribution in [0.5, 0.6) is 0 Å². The van der Waals surface area contributed by atoms with Crippen LogP contribution in [0.1, 0.15) is 30.9 Å². The number of oxazole rings is 1. The van der Waals surface area contributed by atoms with E-state index in [1.54, 1.807) is 16.4 Å². The van der Waals surface area contributed by atoms with Gasteiger partial charge in [0, 0.05) is 26.2 Å². The highest BCUT2D eigenvalue weighted by Gasteiger charge is 2.29. The normalized spacial score (nSPS) is 16.5. The van der Waals surface area contributed by atoms with Crippen LogP contribution in [-0.4, -0.2) is 48.8 Å². The first-order valence-corrected chi connectivity index (χ1v) is 11.9. The van der Waals surface area contributed by atoms with Gasteiger partial charge in [-0.1, -0.05) is 32.0 Å². The highest BCUT2D eigenvalue weighted by molar-refractivity contribution is 7.89. The first-order chi connectivity index (χ1) is 14.3. The number of hydrogen-bond acceptors (Lipinski definition) is 5. The molecule has 0 N–H and O–H groups in total. The number of sulfonamides is 1. The number of fused-ring (bicyclic) bond motifs is 1. The summed E-state index contributed by atoms with van der Waals surface area (Å²) in [4.78, 5) is 7.13. The zero-order chi connectivity index (χ0) is 21.3. The Morgan fingerprint density at radius 3 is 2.40 bits per heavy atom. The van der Waals surface area contributed by atoms with E-state index in [1.165, 1.54) is 5.56 Å². The second-order valence-electron chi connectivity index (χ2n) is 8.50. The van der Waals surface area contributed by atoms with Gasteiger partial charge in [0.15, 0.2) is 5.58 Å². The predicted octanol–water partition coefficient (Wildman–Crippen LogP) is 3.84. The highest BCUT2D eigenvalue weighted by atomic mass is 32.2. The lowest BCUT2D eigenvalue weighted by molar-refractivity contribution is 0.169. The molecular formula is C23H29N3O3S. The molecule has 0 atom stereocenters. The number of piperazine rings is 1. The zero-order valence-corrected chi connectivity index (χ0v) is 18.7. The summed E-state index contributed by atoms with van der Waals surface area (Å²) in [6, 6.07) is 13.3. The number of hydrogen-bond donors (Lipinski definition) is 0. The summed E-state index contributed by atoms with van der Waals surface area (Å²) in [5.41, 5.74) is 3.98. The third-order valence-corrected chi connectivity index (χ3v) is 7.40. The first-order valence-electron chi connectivity index (χ1n) is 10.5. The van der Waals surface area contributed by atoms with Crippen LogP contribution in [0.4, 0.5) is 0 Å². The molecule has 3 aromatic rings. The van der Waals surface area contributed by atoms with Gasteiger partial charge in [0.1, 0.15) is 5.52 Å². The maximum Gasteiger partial charge on any atom is 0.243 e. The second kappa shape index (κ2) is 8.49. The van der Waals surface area contributed by atoms with Crippen molar-refractivity contribution < 1.29 is 12.8 Å². The van der Waals surface area contributed by atoms with Crippen molar-refractivity contribution >= 4 is 21.1 Å². The minimum Gasteiger partial charge on any atom is -0.439 e. The highest BCUT2D eigenvalue weighted by Crippen LogP contribution is 2.21. The quantitative estimate of drug-likeness (QED) is 0.598. The molecule has 1 aromatic heterocycles. The average molecular weight is 428 g/mol. The van der Waals surface area contributed by atoms with E-state index in [0.717, 1.165) is 23.1 Å². The fraction of sp³-hybridized carbons (Fsp3) is 0.435. The number of nitrogens with zero attached hydrogens (tertiary/aromatic N) is 3. The van der Waals surface area contributed by atoms with Crippen LogP contribution < -0.4 is 0 Å². The smallest absolute Gasteiger partial charge is 0.243 e. The molecule has 0 bridgehead atoms. The van der Waals surface area contributed by atoms with Gasteiger partial charge >= 0.3 is 0 Å². The van der Waals surface area contributed by atoms with Gasteiger partial charge in [-0.15, -0.1) is 0 Å². The summed E-state index contributed by atoms with van der Waals surface area (Å²) in [6.07, 6.45) is 0.953. The van der Waals surface area contributed by atoms with Crippen LogP contribution in [0, 0.1) is 12.8 Å². The van der Waals surface area contributed by atoms with E-state index in [9.17, 15) is 8.42 Å². The molecule has 0 saturated carbocycles. The molecule has 1 aliphatic heterocycles. The molecule has 0 spiro atoms. The Morgan fingerprint density at radius 1 is 1.03 bits per heavy atom. The van der Waals surface area contributed by atoms with Crippen LogP contribution in [0.2, 0.25) is 0 Å². The monoisotopic (exact) mass is 427 g/mol. The topological polar surface area (TPSA) is 66.7 Å². The Hall–Kier alpha value is -2.22. The van der Waals surface area contributed by atoms with E-state index in [0.29, 0.717) is 49.4 Å². The van der Waals surface area contributed by atoms with Crippen molar-refractivity contribution in [2.45, 2.75) is 38.6 Å². The third-order valence-electron chi connectivity index (χ3n) is 5.48. The maximum absolute atomic E-state index is 13.0. The maximum atomic E-state index is 13.0. The molecule has 30 heavy (non-hydrogen) atoms. The Morgan fingerprint density at radius 2 is 1.73 bits per heavy atom. The molecule has 4 rings (SSSR count). The summed E-state index contributed by atoms with van der Waals surface area (Å²) in [6.45, 7) is 9.19. The molecule has 7 heteroatoms. The van der Waals surface area contributed by atoms with E-state index in [2.05, 4.69) is 23.7 Å². The Bertz CT molecular complexity index is 1110. The molecule has 6 nitrogen and oxygen atoms in total. The Kier molecular flexibility index (Phi) is 5.95. The van der Waals surface area contributed by atoms with Crippen molar-refractivity contribution in [3.05, 3.63) is 59.5 Å². The van der Waals surface area contributed by atoms with Crippen molar-refractivity contribution in [2.75, 3.05) is 26.2 Å². The summed E-state index contributed by atoms with van der Waals surface area (Å²) in [5.74, 6) is 1.22. The Labute approximate surface area is 178 Å². The zero-order valence-electron chi connectivity index (χ0n) is 17.8. The second-order valence-corrected chi connectivity index (χ2v) is 10.4.